The quantitative estimate of drug-likeness (QED) is 0.832. The summed E-state index contributed by atoms with van der Waals surface area (Å²) in [4.78, 5) is 31.7. The number of hydrogen-bond acceptors (Lipinski definition) is 4. The lowest BCUT2D eigenvalue weighted by molar-refractivity contribution is -0.145. The number of amides is 1. The first-order valence-electron chi connectivity index (χ1n) is 7.86. The van der Waals surface area contributed by atoms with Crippen molar-refractivity contribution < 1.29 is 14.7 Å². The Morgan fingerprint density at radius 3 is 2.23 bits per heavy atom. The first kappa shape index (κ1) is 15.1. The van der Waals surface area contributed by atoms with Crippen LogP contribution in [0.2, 0.25) is 24.2 Å². The molecule has 2 aliphatic rings. The Balaban J connectivity index is 1.73. The summed E-state index contributed by atoms with van der Waals surface area (Å²) >= 11 is 0. The van der Waals surface area contributed by atoms with E-state index in [1.807, 2.05) is 0 Å². The van der Waals surface area contributed by atoms with E-state index < -0.39 is 25.5 Å². The Kier molecular flexibility index (Phi) is 3.99. The van der Waals surface area contributed by atoms with Crippen molar-refractivity contribution in [2.45, 2.75) is 55.4 Å². The number of carboxylic acid groups (broad SMARTS) is 1. The molecule has 1 aromatic heterocycles. The number of carboxylic acids is 1. The Bertz CT molecular complexity index is 563. The van der Waals surface area contributed by atoms with Gasteiger partial charge in [0.25, 0.3) is 5.91 Å². The number of carbonyl (C=O) groups excluding carboxylic acids is 1. The summed E-state index contributed by atoms with van der Waals surface area (Å²) in [5, 5.41) is 12.4. The lowest BCUT2D eigenvalue weighted by atomic mass is 9.91. The van der Waals surface area contributed by atoms with Gasteiger partial charge in [-0.15, -0.1) is 0 Å². The van der Waals surface area contributed by atoms with E-state index in [9.17, 15) is 14.7 Å². The first-order chi connectivity index (χ1) is 10.6. The summed E-state index contributed by atoms with van der Waals surface area (Å²) < 4.78 is 0. The molecule has 1 spiro atoms. The fourth-order valence-corrected chi connectivity index (χ4v) is 9.34. The molecule has 2 saturated heterocycles. The highest BCUT2D eigenvalue weighted by molar-refractivity contribution is 6.80. The highest BCUT2D eigenvalue weighted by atomic mass is 28.3. The van der Waals surface area contributed by atoms with Crippen LogP contribution in [0.25, 0.3) is 0 Å². The predicted molar refractivity (Wildman–Crippen MR) is 83.3 cm³/mol. The van der Waals surface area contributed by atoms with Crippen LogP contribution in [0.4, 0.5) is 0 Å². The molecular weight excluding hydrogens is 298 g/mol. The zero-order valence-electron chi connectivity index (χ0n) is 12.5. The van der Waals surface area contributed by atoms with Gasteiger partial charge in [0, 0.05) is 12.4 Å². The third-order valence-corrected chi connectivity index (χ3v) is 10.9. The van der Waals surface area contributed by atoms with Crippen LogP contribution >= 0.6 is 0 Å². The Morgan fingerprint density at radius 2 is 1.68 bits per heavy atom. The second-order valence-electron chi connectivity index (χ2n) is 6.68. The fourth-order valence-electron chi connectivity index (χ4n) is 3.93. The van der Waals surface area contributed by atoms with Crippen molar-refractivity contribution >= 4 is 20.0 Å². The predicted octanol–water partition coefficient (Wildman–Crippen LogP) is 2.07. The minimum atomic E-state index is -1.22. The number of rotatable bonds is 3. The average molecular weight is 319 g/mol. The summed E-state index contributed by atoms with van der Waals surface area (Å²) in [6.07, 6.45) is 7.91. The molecule has 2 fully saturated rings. The molecular formula is C15H21N3O3Si. The third-order valence-electron chi connectivity index (χ3n) is 5.41. The van der Waals surface area contributed by atoms with Crippen molar-refractivity contribution in [2.24, 2.45) is 0 Å². The number of aromatic nitrogens is 2. The molecule has 2 aliphatic heterocycles. The highest BCUT2D eigenvalue weighted by Crippen LogP contribution is 2.45. The third kappa shape index (κ3) is 2.77. The molecule has 0 bridgehead atoms. The molecule has 2 N–H and O–H groups in total. The van der Waals surface area contributed by atoms with Crippen LogP contribution < -0.4 is 5.32 Å². The van der Waals surface area contributed by atoms with E-state index in [0.29, 0.717) is 18.4 Å². The van der Waals surface area contributed by atoms with Crippen LogP contribution in [0.15, 0.2) is 18.7 Å². The molecule has 1 aromatic rings. The van der Waals surface area contributed by atoms with Crippen LogP contribution in [-0.2, 0) is 4.79 Å². The van der Waals surface area contributed by atoms with Gasteiger partial charge in [-0.05, 0) is 12.8 Å². The van der Waals surface area contributed by atoms with Gasteiger partial charge in [-0.1, -0.05) is 37.0 Å². The molecule has 0 aliphatic carbocycles. The average Bonchev–Trinajstić information content (AvgIpc) is 2.99. The zero-order chi connectivity index (χ0) is 15.6. The number of carbonyl (C=O) groups is 2. The topological polar surface area (TPSA) is 92.2 Å². The van der Waals surface area contributed by atoms with Crippen molar-refractivity contribution in [3.05, 3.63) is 24.3 Å². The molecule has 0 atom stereocenters. The standard InChI is InChI=1S/C15H21N3O3Si/c19-13(12-9-16-11-17-10-12)18-15(14(20)21)3-7-22(8-4-15)5-1-2-6-22/h9-11H,1-8H2,(H,18,19)(H,20,21). The smallest absolute Gasteiger partial charge is 0.329 e. The molecule has 0 radical (unpaired) electrons. The number of nitrogens with zero attached hydrogens (tertiary/aromatic N) is 2. The van der Waals surface area contributed by atoms with Gasteiger partial charge in [0.15, 0.2) is 0 Å². The van der Waals surface area contributed by atoms with Gasteiger partial charge in [0.05, 0.1) is 13.6 Å². The lowest BCUT2D eigenvalue weighted by Crippen LogP contribution is -2.58. The largest absolute Gasteiger partial charge is 0.480 e. The van der Waals surface area contributed by atoms with Crippen LogP contribution in [0.5, 0.6) is 0 Å². The summed E-state index contributed by atoms with van der Waals surface area (Å²) in [5.74, 6) is -1.31. The number of hydrogen-bond donors (Lipinski definition) is 2. The summed E-state index contributed by atoms with van der Waals surface area (Å²) in [6.45, 7) is 0. The van der Waals surface area contributed by atoms with E-state index in [2.05, 4.69) is 15.3 Å². The maximum absolute atomic E-state index is 12.3. The van der Waals surface area contributed by atoms with Crippen LogP contribution in [0.1, 0.15) is 36.0 Å². The second-order valence-corrected chi connectivity index (χ2v) is 11.7. The van der Waals surface area contributed by atoms with Crippen LogP contribution in [-0.4, -0.2) is 40.6 Å². The highest BCUT2D eigenvalue weighted by Gasteiger charge is 2.49. The van der Waals surface area contributed by atoms with Crippen molar-refractivity contribution in [3.63, 3.8) is 0 Å². The van der Waals surface area contributed by atoms with Gasteiger partial charge in [-0.25, -0.2) is 14.8 Å². The van der Waals surface area contributed by atoms with E-state index in [1.165, 1.54) is 43.7 Å². The van der Waals surface area contributed by atoms with Crippen LogP contribution in [0.3, 0.4) is 0 Å². The molecule has 22 heavy (non-hydrogen) atoms. The van der Waals surface area contributed by atoms with E-state index in [0.717, 1.165) is 12.1 Å². The lowest BCUT2D eigenvalue weighted by Gasteiger charge is -2.41. The minimum absolute atomic E-state index is 0.307. The summed E-state index contributed by atoms with van der Waals surface area (Å²) in [6, 6.07) is 4.71. The van der Waals surface area contributed by atoms with Gasteiger partial charge in [0.1, 0.15) is 11.9 Å². The van der Waals surface area contributed by atoms with Crippen molar-refractivity contribution in [2.75, 3.05) is 0 Å². The van der Waals surface area contributed by atoms with Crippen LogP contribution in [0, 0.1) is 0 Å². The van der Waals surface area contributed by atoms with Gasteiger partial charge in [0.2, 0.25) is 0 Å². The minimum Gasteiger partial charge on any atom is -0.480 e. The Labute approximate surface area is 130 Å². The van der Waals surface area contributed by atoms with E-state index in [1.54, 1.807) is 0 Å². The molecule has 0 unspecified atom stereocenters. The Hall–Kier alpha value is -1.76. The molecule has 3 heterocycles. The first-order valence-corrected chi connectivity index (χ1v) is 10.7. The molecule has 7 heteroatoms. The molecule has 118 valence electrons. The fraction of sp³-hybridized carbons (Fsp3) is 0.600. The van der Waals surface area contributed by atoms with Gasteiger partial charge in [-0.3, -0.25) is 4.79 Å². The van der Waals surface area contributed by atoms with E-state index in [-0.39, 0.29) is 0 Å². The maximum atomic E-state index is 12.3. The van der Waals surface area contributed by atoms with E-state index in [4.69, 9.17) is 0 Å². The molecule has 1 amide bonds. The normalized spacial score (nSPS) is 22.4. The van der Waals surface area contributed by atoms with Gasteiger partial charge < -0.3 is 10.4 Å². The zero-order valence-corrected chi connectivity index (χ0v) is 13.5. The Morgan fingerprint density at radius 1 is 1.09 bits per heavy atom. The van der Waals surface area contributed by atoms with E-state index >= 15 is 0 Å². The van der Waals surface area contributed by atoms with Gasteiger partial charge in [-0.2, -0.15) is 0 Å². The molecule has 0 aromatic carbocycles. The molecule has 0 saturated carbocycles. The molecule has 3 rings (SSSR count). The summed E-state index contributed by atoms with van der Waals surface area (Å²) in [5.41, 5.74) is -0.810. The summed E-state index contributed by atoms with van der Waals surface area (Å²) in [7, 11) is -1.22. The SMILES string of the molecule is O=C(NC1(C(=O)O)CC[Si]2(CCCC2)CC1)c1cncnc1. The monoisotopic (exact) mass is 319 g/mol. The van der Waals surface area contributed by atoms with Crippen molar-refractivity contribution in [1.29, 1.82) is 0 Å². The molecule has 6 nitrogen and oxygen atoms in total. The van der Waals surface area contributed by atoms with Crippen molar-refractivity contribution in [1.82, 2.24) is 15.3 Å². The maximum Gasteiger partial charge on any atom is 0.329 e. The number of nitrogens with one attached hydrogen (secondary N) is 1. The van der Waals surface area contributed by atoms with Crippen molar-refractivity contribution in [3.8, 4) is 0 Å². The van der Waals surface area contributed by atoms with Gasteiger partial charge >= 0.3 is 5.97 Å². The number of aliphatic carboxylic acids is 1. The second kappa shape index (κ2) is 5.79.